The second-order valence-corrected chi connectivity index (χ2v) is 6.40. The Morgan fingerprint density at radius 1 is 1.17 bits per heavy atom. The normalized spacial score (nSPS) is 10.4. The van der Waals surface area contributed by atoms with Crippen molar-refractivity contribution < 1.29 is 4.79 Å². The minimum atomic E-state index is 0.153. The van der Waals surface area contributed by atoms with E-state index >= 15 is 0 Å². The number of carbonyl (C=O) groups excluding carboxylic acids is 1. The van der Waals surface area contributed by atoms with Gasteiger partial charge in [-0.2, -0.15) is 0 Å². The first-order valence-electron chi connectivity index (χ1n) is 5.59. The quantitative estimate of drug-likeness (QED) is 0.521. The van der Waals surface area contributed by atoms with E-state index in [0.29, 0.717) is 6.42 Å². The maximum atomic E-state index is 12.2. The molecule has 0 saturated heterocycles. The molecule has 18 heavy (non-hydrogen) atoms. The lowest BCUT2D eigenvalue weighted by molar-refractivity contribution is 0.0993. The SMILES string of the molecule is Cc1cc(Br)cc(C(=O)Cc2ccc(I)cc2)c1. The first kappa shape index (κ1) is 13.7. The Balaban J connectivity index is 2.19. The van der Waals surface area contributed by atoms with E-state index in [-0.39, 0.29) is 5.78 Å². The van der Waals surface area contributed by atoms with Crippen molar-refractivity contribution >= 4 is 44.3 Å². The molecule has 0 fully saturated rings. The van der Waals surface area contributed by atoms with Crippen molar-refractivity contribution in [2.45, 2.75) is 13.3 Å². The molecule has 0 spiro atoms. The molecule has 0 radical (unpaired) electrons. The zero-order valence-electron chi connectivity index (χ0n) is 9.91. The Morgan fingerprint density at radius 2 is 1.83 bits per heavy atom. The Labute approximate surface area is 129 Å². The molecule has 0 atom stereocenters. The van der Waals surface area contributed by atoms with E-state index in [1.807, 2.05) is 49.4 Å². The fraction of sp³-hybridized carbons (Fsp3) is 0.133. The van der Waals surface area contributed by atoms with Gasteiger partial charge >= 0.3 is 0 Å². The van der Waals surface area contributed by atoms with E-state index in [2.05, 4.69) is 38.5 Å². The monoisotopic (exact) mass is 414 g/mol. The van der Waals surface area contributed by atoms with Gasteiger partial charge in [0.1, 0.15) is 0 Å². The molecule has 2 rings (SSSR count). The fourth-order valence-electron chi connectivity index (χ4n) is 1.79. The Morgan fingerprint density at radius 3 is 2.44 bits per heavy atom. The van der Waals surface area contributed by atoms with Gasteiger partial charge in [-0.05, 0) is 71.0 Å². The van der Waals surface area contributed by atoms with Crippen molar-refractivity contribution in [3.05, 3.63) is 67.2 Å². The average molecular weight is 415 g/mol. The molecule has 0 aliphatic rings. The predicted molar refractivity (Wildman–Crippen MR) is 86.1 cm³/mol. The summed E-state index contributed by atoms with van der Waals surface area (Å²) in [4.78, 5) is 12.2. The standard InChI is InChI=1S/C15H12BrIO/c1-10-6-12(9-13(16)7-10)15(18)8-11-2-4-14(17)5-3-11/h2-7,9H,8H2,1H3. The number of benzene rings is 2. The van der Waals surface area contributed by atoms with Crippen molar-refractivity contribution in [1.82, 2.24) is 0 Å². The van der Waals surface area contributed by atoms with E-state index in [9.17, 15) is 4.79 Å². The van der Waals surface area contributed by atoms with Crippen molar-refractivity contribution in [2.24, 2.45) is 0 Å². The van der Waals surface area contributed by atoms with Crippen LogP contribution >= 0.6 is 38.5 Å². The molecule has 0 aliphatic carbocycles. The summed E-state index contributed by atoms with van der Waals surface area (Å²) in [6.45, 7) is 1.99. The van der Waals surface area contributed by atoms with Gasteiger partial charge in [0.2, 0.25) is 0 Å². The molecule has 0 saturated carbocycles. The molecule has 0 heterocycles. The van der Waals surface area contributed by atoms with E-state index in [1.165, 1.54) is 3.57 Å². The Kier molecular flexibility index (Phi) is 4.56. The lowest BCUT2D eigenvalue weighted by Gasteiger charge is -2.04. The highest BCUT2D eigenvalue weighted by atomic mass is 127. The molecule has 0 aromatic heterocycles. The number of Topliss-reactive ketones (excluding diaryl/α,β-unsaturated/α-hetero) is 1. The predicted octanol–water partition coefficient (Wildman–Crippen LogP) is 4.79. The molecule has 0 amide bonds. The van der Waals surface area contributed by atoms with E-state index in [0.717, 1.165) is 21.2 Å². The highest BCUT2D eigenvalue weighted by Gasteiger charge is 2.08. The largest absolute Gasteiger partial charge is 0.294 e. The molecule has 2 aromatic carbocycles. The summed E-state index contributed by atoms with van der Waals surface area (Å²) in [6.07, 6.45) is 0.451. The zero-order valence-corrected chi connectivity index (χ0v) is 13.7. The molecular weight excluding hydrogens is 403 g/mol. The van der Waals surface area contributed by atoms with Crippen molar-refractivity contribution in [3.63, 3.8) is 0 Å². The highest BCUT2D eigenvalue weighted by Crippen LogP contribution is 2.17. The third kappa shape index (κ3) is 3.65. The minimum absolute atomic E-state index is 0.153. The van der Waals surface area contributed by atoms with Gasteiger partial charge in [0, 0.05) is 20.0 Å². The number of ketones is 1. The first-order valence-corrected chi connectivity index (χ1v) is 7.46. The van der Waals surface area contributed by atoms with Gasteiger partial charge in [0.15, 0.2) is 5.78 Å². The maximum absolute atomic E-state index is 12.2. The van der Waals surface area contributed by atoms with E-state index < -0.39 is 0 Å². The number of halogens is 2. The lowest BCUT2D eigenvalue weighted by atomic mass is 10.0. The van der Waals surface area contributed by atoms with Gasteiger partial charge in [-0.15, -0.1) is 0 Å². The van der Waals surface area contributed by atoms with Crippen LogP contribution in [0.15, 0.2) is 46.9 Å². The third-order valence-electron chi connectivity index (χ3n) is 2.64. The third-order valence-corrected chi connectivity index (χ3v) is 3.82. The second-order valence-electron chi connectivity index (χ2n) is 4.24. The molecule has 92 valence electrons. The summed E-state index contributed by atoms with van der Waals surface area (Å²) >= 11 is 5.68. The Hall–Kier alpha value is -0.680. The minimum Gasteiger partial charge on any atom is -0.294 e. The van der Waals surface area contributed by atoms with Crippen molar-refractivity contribution in [3.8, 4) is 0 Å². The number of hydrogen-bond donors (Lipinski definition) is 0. The summed E-state index contributed by atoms with van der Waals surface area (Å²) in [6, 6.07) is 13.9. The molecule has 2 aromatic rings. The van der Waals surface area contributed by atoms with Gasteiger partial charge in [0.25, 0.3) is 0 Å². The number of carbonyl (C=O) groups is 1. The second kappa shape index (κ2) is 5.97. The van der Waals surface area contributed by atoms with Gasteiger partial charge in [-0.25, -0.2) is 0 Å². The molecule has 0 N–H and O–H groups in total. The zero-order chi connectivity index (χ0) is 13.1. The van der Waals surface area contributed by atoms with Gasteiger partial charge < -0.3 is 0 Å². The van der Waals surface area contributed by atoms with Crippen LogP contribution in [-0.4, -0.2) is 5.78 Å². The van der Waals surface area contributed by atoms with Gasteiger partial charge in [-0.1, -0.05) is 28.1 Å². The Bertz CT molecular complexity index is 555. The summed E-state index contributed by atoms with van der Waals surface area (Å²) in [5.41, 5.74) is 2.91. The summed E-state index contributed by atoms with van der Waals surface area (Å²) in [5, 5.41) is 0. The molecule has 0 bridgehead atoms. The van der Waals surface area contributed by atoms with Crippen LogP contribution in [0.5, 0.6) is 0 Å². The van der Waals surface area contributed by atoms with E-state index in [4.69, 9.17) is 0 Å². The van der Waals surface area contributed by atoms with Crippen LogP contribution in [0.3, 0.4) is 0 Å². The van der Waals surface area contributed by atoms with Crippen LogP contribution in [0.2, 0.25) is 0 Å². The summed E-state index contributed by atoms with van der Waals surface area (Å²) in [5.74, 6) is 0.153. The molecule has 1 nitrogen and oxygen atoms in total. The fourth-order valence-corrected chi connectivity index (χ4v) is 2.75. The number of aryl methyl sites for hydroxylation is 1. The van der Waals surface area contributed by atoms with Crippen LogP contribution in [0.25, 0.3) is 0 Å². The highest BCUT2D eigenvalue weighted by molar-refractivity contribution is 14.1. The number of rotatable bonds is 3. The molecule has 0 unspecified atom stereocenters. The van der Waals surface area contributed by atoms with Crippen LogP contribution < -0.4 is 0 Å². The van der Waals surface area contributed by atoms with Crippen LogP contribution in [0.4, 0.5) is 0 Å². The average Bonchev–Trinajstić information content (AvgIpc) is 2.31. The first-order chi connectivity index (χ1) is 8.54. The molecule has 0 aliphatic heterocycles. The lowest BCUT2D eigenvalue weighted by Crippen LogP contribution is -2.04. The van der Waals surface area contributed by atoms with Crippen molar-refractivity contribution in [1.29, 1.82) is 0 Å². The van der Waals surface area contributed by atoms with Crippen molar-refractivity contribution in [2.75, 3.05) is 0 Å². The maximum Gasteiger partial charge on any atom is 0.167 e. The number of hydrogen-bond acceptors (Lipinski definition) is 1. The summed E-state index contributed by atoms with van der Waals surface area (Å²) < 4.78 is 2.13. The topological polar surface area (TPSA) is 17.1 Å². The molecule has 3 heteroatoms. The van der Waals surface area contributed by atoms with Crippen LogP contribution in [-0.2, 0) is 6.42 Å². The molecular formula is C15H12BrIO. The summed E-state index contributed by atoms with van der Waals surface area (Å²) in [7, 11) is 0. The van der Waals surface area contributed by atoms with Crippen LogP contribution in [0, 0.1) is 10.5 Å². The van der Waals surface area contributed by atoms with E-state index in [1.54, 1.807) is 0 Å². The van der Waals surface area contributed by atoms with Gasteiger partial charge in [-0.3, -0.25) is 4.79 Å². The van der Waals surface area contributed by atoms with Gasteiger partial charge in [0.05, 0.1) is 0 Å². The van der Waals surface area contributed by atoms with Crippen LogP contribution in [0.1, 0.15) is 21.5 Å². The smallest absolute Gasteiger partial charge is 0.167 e.